The van der Waals surface area contributed by atoms with Gasteiger partial charge in [0.05, 0.1) is 17.6 Å². The lowest BCUT2D eigenvalue weighted by molar-refractivity contribution is -0.121. The van der Waals surface area contributed by atoms with Crippen molar-refractivity contribution in [2.45, 2.75) is 44.9 Å². The van der Waals surface area contributed by atoms with Crippen LogP contribution in [0.3, 0.4) is 0 Å². The van der Waals surface area contributed by atoms with E-state index in [0.717, 1.165) is 52.6 Å². The molecule has 144 valence electrons. The third kappa shape index (κ3) is 3.38. The van der Waals surface area contributed by atoms with E-state index in [9.17, 15) is 4.79 Å². The molecule has 1 amide bonds. The van der Waals surface area contributed by atoms with E-state index in [1.54, 1.807) is 7.11 Å². The number of aromatic amines is 1. The zero-order valence-corrected chi connectivity index (χ0v) is 16.0. The Bertz CT molecular complexity index is 815. The first-order chi connectivity index (χ1) is 13.2. The van der Waals surface area contributed by atoms with Crippen molar-refractivity contribution in [3.8, 4) is 0 Å². The summed E-state index contributed by atoms with van der Waals surface area (Å²) in [4.78, 5) is 20.6. The summed E-state index contributed by atoms with van der Waals surface area (Å²) >= 11 is 0. The second kappa shape index (κ2) is 6.93. The number of hydrogen-bond acceptors (Lipinski definition) is 3. The first-order valence-electron chi connectivity index (χ1n) is 10.5. The Labute approximate surface area is 160 Å². The molecule has 4 saturated carbocycles. The van der Waals surface area contributed by atoms with E-state index < -0.39 is 0 Å². The molecule has 0 aliphatic heterocycles. The number of hydrogen-bond donors (Lipinski definition) is 2. The van der Waals surface area contributed by atoms with Crippen LogP contribution >= 0.6 is 0 Å². The molecule has 2 N–H and O–H groups in total. The van der Waals surface area contributed by atoms with Gasteiger partial charge >= 0.3 is 0 Å². The van der Waals surface area contributed by atoms with Crippen LogP contribution in [-0.2, 0) is 16.0 Å². The highest BCUT2D eigenvalue weighted by Crippen LogP contribution is 2.57. The van der Waals surface area contributed by atoms with Crippen molar-refractivity contribution >= 4 is 22.6 Å². The number of ether oxygens (including phenoxy) is 1. The molecule has 5 heteroatoms. The van der Waals surface area contributed by atoms with Crippen molar-refractivity contribution < 1.29 is 9.53 Å². The lowest BCUT2D eigenvalue weighted by Gasteiger charge is -2.54. The average Bonchev–Trinajstić information content (AvgIpc) is 3.04. The number of H-pyrrole nitrogens is 1. The highest BCUT2D eigenvalue weighted by molar-refractivity contribution is 5.93. The molecule has 1 aromatic heterocycles. The van der Waals surface area contributed by atoms with Crippen LogP contribution in [0.4, 0.5) is 5.69 Å². The molecule has 1 heterocycles. The van der Waals surface area contributed by atoms with Crippen LogP contribution in [0.15, 0.2) is 18.2 Å². The first kappa shape index (κ1) is 17.2. The van der Waals surface area contributed by atoms with Gasteiger partial charge in [0.1, 0.15) is 5.82 Å². The fourth-order valence-electron chi connectivity index (χ4n) is 6.25. The van der Waals surface area contributed by atoms with E-state index in [1.807, 2.05) is 18.2 Å². The van der Waals surface area contributed by atoms with Crippen LogP contribution in [0.2, 0.25) is 0 Å². The standard InChI is InChI=1S/C22H29N3O2/c1-27-5-4-21-24-19-3-2-17(11-20(19)25-21)23-22(26)12-18-15-7-13-6-14(9-15)10-16(18)8-13/h2-3,11,13-16,18H,4-10,12H2,1H3,(H,23,26)(H,24,25). The van der Waals surface area contributed by atoms with Gasteiger partial charge in [0.2, 0.25) is 5.91 Å². The first-order valence-corrected chi connectivity index (χ1v) is 10.5. The number of carbonyl (C=O) groups is 1. The molecule has 2 aromatic rings. The average molecular weight is 367 g/mol. The third-order valence-electron chi connectivity index (χ3n) is 7.20. The molecule has 4 fully saturated rings. The van der Waals surface area contributed by atoms with Crippen molar-refractivity contribution in [2.75, 3.05) is 19.0 Å². The maximum atomic E-state index is 12.7. The van der Waals surface area contributed by atoms with Crippen LogP contribution < -0.4 is 5.32 Å². The summed E-state index contributed by atoms with van der Waals surface area (Å²) in [7, 11) is 1.69. The zero-order valence-electron chi connectivity index (χ0n) is 16.0. The van der Waals surface area contributed by atoms with Gasteiger partial charge in [0.25, 0.3) is 0 Å². The number of nitrogens with one attached hydrogen (secondary N) is 2. The number of amides is 1. The quantitative estimate of drug-likeness (QED) is 0.806. The van der Waals surface area contributed by atoms with Crippen LogP contribution in [-0.4, -0.2) is 29.6 Å². The number of aromatic nitrogens is 2. The summed E-state index contributed by atoms with van der Waals surface area (Å²) in [6, 6.07) is 5.92. The van der Waals surface area contributed by atoms with Crippen molar-refractivity contribution in [3.63, 3.8) is 0 Å². The van der Waals surface area contributed by atoms with Crippen LogP contribution in [0, 0.1) is 29.6 Å². The van der Waals surface area contributed by atoms with Crippen molar-refractivity contribution in [1.29, 1.82) is 0 Å². The number of nitrogens with zero attached hydrogens (tertiary/aromatic N) is 1. The SMILES string of the molecule is COCCc1nc2ccc(NC(=O)CC3C4CC5CC(C4)CC3C5)cc2[nH]1. The van der Waals surface area contributed by atoms with E-state index in [4.69, 9.17) is 4.74 Å². The van der Waals surface area contributed by atoms with Crippen molar-refractivity contribution in [3.05, 3.63) is 24.0 Å². The lowest BCUT2D eigenvalue weighted by Crippen LogP contribution is -2.46. The minimum atomic E-state index is 0.172. The molecular formula is C22H29N3O2. The molecule has 0 spiro atoms. The van der Waals surface area contributed by atoms with Crippen molar-refractivity contribution in [2.24, 2.45) is 29.6 Å². The van der Waals surface area contributed by atoms with Gasteiger partial charge in [-0.15, -0.1) is 0 Å². The van der Waals surface area contributed by atoms with E-state index in [-0.39, 0.29) is 5.91 Å². The Hall–Kier alpha value is -1.88. The number of anilines is 1. The predicted molar refractivity (Wildman–Crippen MR) is 105 cm³/mol. The largest absolute Gasteiger partial charge is 0.384 e. The number of fused-ring (bicyclic) bond motifs is 1. The molecule has 5 nitrogen and oxygen atoms in total. The van der Waals surface area contributed by atoms with E-state index >= 15 is 0 Å². The van der Waals surface area contributed by atoms with Crippen LogP contribution in [0.5, 0.6) is 0 Å². The van der Waals surface area contributed by atoms with E-state index in [0.29, 0.717) is 18.9 Å². The monoisotopic (exact) mass is 367 g/mol. The molecule has 4 aliphatic rings. The fourth-order valence-corrected chi connectivity index (χ4v) is 6.25. The fraction of sp³-hybridized carbons (Fsp3) is 0.636. The summed E-state index contributed by atoms with van der Waals surface area (Å²) in [6.07, 6.45) is 8.39. The summed E-state index contributed by atoms with van der Waals surface area (Å²) < 4.78 is 5.11. The smallest absolute Gasteiger partial charge is 0.224 e. The van der Waals surface area contributed by atoms with Crippen molar-refractivity contribution in [1.82, 2.24) is 9.97 Å². The highest BCUT2D eigenvalue weighted by Gasteiger charge is 2.48. The molecular weight excluding hydrogens is 338 g/mol. The molecule has 27 heavy (non-hydrogen) atoms. The summed E-state index contributed by atoms with van der Waals surface area (Å²) in [6.45, 7) is 0.648. The molecule has 0 unspecified atom stereocenters. The Morgan fingerprint density at radius 1 is 1.19 bits per heavy atom. The Morgan fingerprint density at radius 2 is 1.93 bits per heavy atom. The highest BCUT2D eigenvalue weighted by atomic mass is 16.5. The van der Waals surface area contributed by atoms with Gasteiger partial charge in [-0.05, 0) is 79.9 Å². The second-order valence-corrected chi connectivity index (χ2v) is 9.01. The lowest BCUT2D eigenvalue weighted by atomic mass is 9.51. The van der Waals surface area contributed by atoms with Gasteiger partial charge < -0.3 is 15.0 Å². The number of methoxy groups -OCH3 is 1. The van der Waals surface area contributed by atoms with Crippen LogP contribution in [0.25, 0.3) is 11.0 Å². The minimum Gasteiger partial charge on any atom is -0.384 e. The van der Waals surface area contributed by atoms with Gasteiger partial charge in [-0.3, -0.25) is 4.79 Å². The Kier molecular flexibility index (Phi) is 4.43. The van der Waals surface area contributed by atoms with Gasteiger partial charge in [-0.25, -0.2) is 4.98 Å². The van der Waals surface area contributed by atoms with E-state index in [2.05, 4.69) is 15.3 Å². The van der Waals surface area contributed by atoms with Gasteiger partial charge in [-0.1, -0.05) is 0 Å². The summed E-state index contributed by atoms with van der Waals surface area (Å²) in [5, 5.41) is 3.13. The molecule has 0 radical (unpaired) electrons. The second-order valence-electron chi connectivity index (χ2n) is 9.01. The topological polar surface area (TPSA) is 67.0 Å². The molecule has 4 bridgehead atoms. The normalized spacial score (nSPS) is 31.5. The molecule has 0 saturated heterocycles. The zero-order chi connectivity index (χ0) is 18.4. The third-order valence-corrected chi connectivity index (χ3v) is 7.20. The predicted octanol–water partition coefficient (Wildman–Crippen LogP) is 4.15. The minimum absolute atomic E-state index is 0.172. The number of rotatable bonds is 6. The van der Waals surface area contributed by atoms with Gasteiger partial charge in [-0.2, -0.15) is 0 Å². The number of imidazole rings is 1. The number of benzene rings is 1. The molecule has 4 aliphatic carbocycles. The van der Waals surface area contributed by atoms with Gasteiger partial charge in [0, 0.05) is 25.6 Å². The molecule has 6 rings (SSSR count). The maximum Gasteiger partial charge on any atom is 0.224 e. The van der Waals surface area contributed by atoms with Crippen LogP contribution in [0.1, 0.15) is 44.3 Å². The summed E-state index contributed by atoms with van der Waals surface area (Å²) in [5.74, 6) is 5.21. The van der Waals surface area contributed by atoms with E-state index in [1.165, 1.54) is 32.1 Å². The van der Waals surface area contributed by atoms with Gasteiger partial charge in [0.15, 0.2) is 0 Å². The Balaban J connectivity index is 1.24. The maximum absolute atomic E-state index is 12.7. The summed E-state index contributed by atoms with van der Waals surface area (Å²) in [5.41, 5.74) is 2.76. The Morgan fingerprint density at radius 3 is 2.63 bits per heavy atom. The number of carbonyl (C=O) groups excluding carboxylic acids is 1. The molecule has 0 atom stereocenters. The molecule has 1 aromatic carbocycles.